The molecule has 0 spiro atoms. The van der Waals surface area contributed by atoms with Gasteiger partial charge in [-0.25, -0.2) is 0 Å². The summed E-state index contributed by atoms with van der Waals surface area (Å²) in [6.45, 7) is 0. The van der Waals surface area contributed by atoms with Gasteiger partial charge in [-0.3, -0.25) is 4.79 Å². The van der Waals surface area contributed by atoms with E-state index in [4.69, 9.17) is 0 Å². The molecule has 0 bridgehead atoms. The van der Waals surface area contributed by atoms with Crippen molar-refractivity contribution in [2.75, 3.05) is 0 Å². The second kappa shape index (κ2) is 5.97. The minimum atomic E-state index is -0.264. The molecule has 1 saturated carbocycles. The number of hydrogen-bond donors (Lipinski definition) is 1. The molecule has 1 aromatic heterocycles. The molecule has 0 aliphatic heterocycles. The molecular formula is C18H18N2O. The third-order valence-electron chi connectivity index (χ3n) is 4.31. The van der Waals surface area contributed by atoms with Crippen LogP contribution in [0.15, 0.2) is 41.2 Å². The predicted octanol–water partition coefficient (Wildman–Crippen LogP) is 3.96. The quantitative estimate of drug-likeness (QED) is 0.903. The largest absolute Gasteiger partial charge is 0.321 e. The van der Waals surface area contributed by atoms with Crippen LogP contribution in [-0.4, -0.2) is 4.98 Å². The fraction of sp³-hybridized carbons (Fsp3) is 0.333. The molecule has 1 aliphatic carbocycles. The topological polar surface area (TPSA) is 56.6 Å². The smallest absolute Gasteiger partial charge is 0.266 e. The number of nitrogens with one attached hydrogen (secondary N) is 1. The maximum absolute atomic E-state index is 12.2. The molecule has 0 amide bonds. The Morgan fingerprint density at radius 1 is 1.10 bits per heavy atom. The second-order valence-corrected chi connectivity index (χ2v) is 5.66. The molecule has 3 heteroatoms. The summed E-state index contributed by atoms with van der Waals surface area (Å²) in [5.74, 6) is 0.346. The Hall–Kier alpha value is -2.34. The minimum Gasteiger partial charge on any atom is -0.321 e. The van der Waals surface area contributed by atoms with Gasteiger partial charge in [0, 0.05) is 5.69 Å². The number of rotatable bonds is 2. The Kier molecular flexibility index (Phi) is 3.87. The molecule has 0 saturated heterocycles. The van der Waals surface area contributed by atoms with E-state index in [2.05, 4.69) is 11.1 Å². The molecule has 21 heavy (non-hydrogen) atoms. The van der Waals surface area contributed by atoms with Gasteiger partial charge in [0.1, 0.15) is 11.6 Å². The molecule has 1 aromatic carbocycles. The average Bonchev–Trinajstić information content (AvgIpc) is 2.55. The molecule has 1 aliphatic rings. The van der Waals surface area contributed by atoms with Crippen molar-refractivity contribution in [1.82, 2.24) is 4.98 Å². The minimum absolute atomic E-state index is 0.264. The summed E-state index contributed by atoms with van der Waals surface area (Å²) in [5, 5.41) is 9.32. The number of aromatic amines is 1. The Morgan fingerprint density at radius 3 is 2.48 bits per heavy atom. The van der Waals surface area contributed by atoms with Gasteiger partial charge in [-0.1, -0.05) is 49.6 Å². The lowest BCUT2D eigenvalue weighted by molar-refractivity contribution is 0.442. The summed E-state index contributed by atoms with van der Waals surface area (Å²) < 4.78 is 0. The van der Waals surface area contributed by atoms with Crippen molar-refractivity contribution in [1.29, 1.82) is 5.26 Å². The number of aromatic nitrogens is 1. The monoisotopic (exact) mass is 278 g/mol. The van der Waals surface area contributed by atoms with Crippen LogP contribution in [0.1, 0.15) is 49.1 Å². The van der Waals surface area contributed by atoms with E-state index < -0.39 is 0 Å². The van der Waals surface area contributed by atoms with E-state index >= 15 is 0 Å². The number of nitriles is 1. The zero-order valence-electron chi connectivity index (χ0n) is 11.9. The maximum Gasteiger partial charge on any atom is 0.266 e. The van der Waals surface area contributed by atoms with Gasteiger partial charge < -0.3 is 4.98 Å². The third-order valence-corrected chi connectivity index (χ3v) is 4.31. The van der Waals surface area contributed by atoms with Crippen molar-refractivity contribution < 1.29 is 0 Å². The lowest BCUT2D eigenvalue weighted by atomic mass is 9.82. The van der Waals surface area contributed by atoms with E-state index in [0.29, 0.717) is 11.5 Å². The van der Waals surface area contributed by atoms with Crippen LogP contribution in [0.4, 0.5) is 0 Å². The van der Waals surface area contributed by atoms with Crippen LogP contribution in [0.25, 0.3) is 11.3 Å². The van der Waals surface area contributed by atoms with Crippen molar-refractivity contribution in [3.63, 3.8) is 0 Å². The molecular weight excluding hydrogens is 260 g/mol. The SMILES string of the molecule is N#Cc1c(C2CCCCC2)cc(-c2ccccc2)[nH]c1=O. The first-order valence-electron chi connectivity index (χ1n) is 7.52. The zero-order valence-corrected chi connectivity index (χ0v) is 11.9. The predicted molar refractivity (Wildman–Crippen MR) is 83.0 cm³/mol. The number of nitrogens with zero attached hydrogens (tertiary/aromatic N) is 1. The van der Waals surface area contributed by atoms with Gasteiger partial charge in [0.05, 0.1) is 0 Å². The molecule has 1 heterocycles. The van der Waals surface area contributed by atoms with E-state index in [1.165, 1.54) is 19.3 Å². The van der Waals surface area contributed by atoms with E-state index in [-0.39, 0.29) is 5.56 Å². The number of benzene rings is 1. The molecule has 1 fully saturated rings. The summed E-state index contributed by atoms with van der Waals surface area (Å²) in [4.78, 5) is 15.1. The van der Waals surface area contributed by atoms with Crippen molar-refractivity contribution in [2.24, 2.45) is 0 Å². The highest BCUT2D eigenvalue weighted by molar-refractivity contribution is 5.61. The van der Waals surface area contributed by atoms with E-state index in [1.54, 1.807) is 0 Å². The Balaban J connectivity index is 2.11. The number of H-pyrrole nitrogens is 1. The average molecular weight is 278 g/mol. The van der Waals surface area contributed by atoms with Gasteiger partial charge >= 0.3 is 0 Å². The van der Waals surface area contributed by atoms with Crippen LogP contribution in [0.2, 0.25) is 0 Å². The lowest BCUT2D eigenvalue weighted by Crippen LogP contribution is -2.17. The molecule has 0 atom stereocenters. The van der Waals surface area contributed by atoms with Crippen LogP contribution in [0.3, 0.4) is 0 Å². The summed E-state index contributed by atoms with van der Waals surface area (Å²) in [6, 6.07) is 13.9. The molecule has 0 unspecified atom stereocenters. The molecule has 0 radical (unpaired) electrons. The summed E-state index contributed by atoms with van der Waals surface area (Å²) in [6.07, 6.45) is 5.78. The van der Waals surface area contributed by atoms with Crippen molar-refractivity contribution in [3.05, 3.63) is 57.9 Å². The van der Waals surface area contributed by atoms with Crippen LogP contribution in [0.5, 0.6) is 0 Å². The second-order valence-electron chi connectivity index (χ2n) is 5.66. The lowest BCUT2D eigenvalue weighted by Gasteiger charge is -2.23. The highest BCUT2D eigenvalue weighted by Gasteiger charge is 2.21. The molecule has 2 aromatic rings. The van der Waals surface area contributed by atoms with Gasteiger partial charge in [-0.05, 0) is 36.0 Å². The van der Waals surface area contributed by atoms with Crippen molar-refractivity contribution in [3.8, 4) is 17.3 Å². The first-order chi connectivity index (χ1) is 10.3. The molecule has 1 N–H and O–H groups in total. The van der Waals surface area contributed by atoms with Crippen molar-refractivity contribution in [2.45, 2.75) is 38.0 Å². The summed E-state index contributed by atoms with van der Waals surface area (Å²) in [7, 11) is 0. The fourth-order valence-electron chi connectivity index (χ4n) is 3.20. The molecule has 3 nitrogen and oxygen atoms in total. The van der Waals surface area contributed by atoms with Crippen LogP contribution in [-0.2, 0) is 0 Å². The van der Waals surface area contributed by atoms with Gasteiger partial charge in [-0.15, -0.1) is 0 Å². The van der Waals surface area contributed by atoms with Crippen molar-refractivity contribution >= 4 is 0 Å². The van der Waals surface area contributed by atoms with Gasteiger partial charge in [0.15, 0.2) is 0 Å². The van der Waals surface area contributed by atoms with Gasteiger partial charge in [0.2, 0.25) is 0 Å². The molecule has 3 rings (SSSR count). The van der Waals surface area contributed by atoms with E-state index in [9.17, 15) is 10.1 Å². The Bertz CT molecular complexity index is 719. The normalized spacial score (nSPS) is 15.6. The van der Waals surface area contributed by atoms with E-state index in [0.717, 1.165) is 29.7 Å². The maximum atomic E-state index is 12.2. The number of hydrogen-bond acceptors (Lipinski definition) is 2. The van der Waals surface area contributed by atoms with Crippen LogP contribution < -0.4 is 5.56 Å². The first-order valence-corrected chi connectivity index (χ1v) is 7.52. The highest BCUT2D eigenvalue weighted by atomic mass is 16.1. The third kappa shape index (κ3) is 2.75. The van der Waals surface area contributed by atoms with Gasteiger partial charge in [-0.2, -0.15) is 5.26 Å². The van der Waals surface area contributed by atoms with Gasteiger partial charge in [0.25, 0.3) is 5.56 Å². The van der Waals surface area contributed by atoms with Crippen LogP contribution >= 0.6 is 0 Å². The highest BCUT2D eigenvalue weighted by Crippen LogP contribution is 2.34. The summed E-state index contributed by atoms with van der Waals surface area (Å²) in [5.41, 5.74) is 2.75. The van der Waals surface area contributed by atoms with E-state index in [1.807, 2.05) is 36.4 Å². The standard InChI is InChI=1S/C18H18N2O/c19-12-16-15(13-7-3-1-4-8-13)11-17(20-18(16)21)14-9-5-2-6-10-14/h2,5-6,9-11,13H,1,3-4,7-8H2,(H,20,21). The zero-order chi connectivity index (χ0) is 14.7. The summed E-state index contributed by atoms with van der Waals surface area (Å²) >= 11 is 0. The van der Waals surface area contributed by atoms with Crippen LogP contribution in [0, 0.1) is 11.3 Å². The Morgan fingerprint density at radius 2 is 1.81 bits per heavy atom. The molecule has 106 valence electrons. The number of pyridine rings is 1. The first kappa shape index (κ1) is 13.6. The fourth-order valence-corrected chi connectivity index (χ4v) is 3.20. The Labute approximate surface area is 124 Å².